The van der Waals surface area contributed by atoms with Crippen LogP contribution in [0.5, 0.6) is 5.75 Å². The monoisotopic (exact) mass is 207 g/mol. The number of anilines is 1. The zero-order valence-corrected chi connectivity index (χ0v) is 8.98. The lowest BCUT2D eigenvalue weighted by atomic mass is 10.2. The second kappa shape index (κ2) is 4.59. The van der Waals surface area contributed by atoms with Crippen molar-refractivity contribution in [3.63, 3.8) is 0 Å². The van der Waals surface area contributed by atoms with Crippen molar-refractivity contribution in [2.24, 2.45) is 0 Å². The minimum absolute atomic E-state index is 0.478. The summed E-state index contributed by atoms with van der Waals surface area (Å²) in [6.07, 6.45) is 0. The molecule has 0 spiro atoms. The predicted octanol–water partition coefficient (Wildman–Crippen LogP) is 1.25. The van der Waals surface area contributed by atoms with Gasteiger partial charge in [0.2, 0.25) is 5.78 Å². The van der Waals surface area contributed by atoms with E-state index in [1.165, 1.54) is 11.8 Å². The van der Waals surface area contributed by atoms with Crippen molar-refractivity contribution in [2.45, 2.75) is 6.92 Å². The number of carbonyl (C=O) groups is 2. The van der Waals surface area contributed by atoms with Crippen molar-refractivity contribution in [3.8, 4) is 5.75 Å². The number of rotatable bonds is 3. The van der Waals surface area contributed by atoms with Crippen LogP contribution in [0.4, 0.5) is 5.69 Å². The van der Waals surface area contributed by atoms with Crippen molar-refractivity contribution in [1.29, 1.82) is 0 Å². The molecule has 15 heavy (non-hydrogen) atoms. The van der Waals surface area contributed by atoms with Gasteiger partial charge in [0.25, 0.3) is 5.91 Å². The van der Waals surface area contributed by atoms with Crippen LogP contribution in [0.25, 0.3) is 0 Å². The summed E-state index contributed by atoms with van der Waals surface area (Å²) in [6, 6.07) is 6.91. The number of carbonyl (C=O) groups excluding carboxylic acids is 2. The lowest BCUT2D eigenvalue weighted by Crippen LogP contribution is -2.31. The number of ketones is 1. The minimum atomic E-state index is -0.528. The molecule has 4 nitrogen and oxygen atoms in total. The first-order valence-corrected chi connectivity index (χ1v) is 4.49. The quantitative estimate of drug-likeness (QED) is 0.701. The van der Waals surface area contributed by atoms with E-state index in [-0.39, 0.29) is 0 Å². The summed E-state index contributed by atoms with van der Waals surface area (Å²) in [6.45, 7) is 1.25. The summed E-state index contributed by atoms with van der Waals surface area (Å²) in [4.78, 5) is 23.5. The van der Waals surface area contributed by atoms with E-state index >= 15 is 0 Å². The molecule has 0 radical (unpaired) electrons. The van der Waals surface area contributed by atoms with Crippen LogP contribution in [-0.2, 0) is 9.59 Å². The second-order valence-corrected chi connectivity index (χ2v) is 3.12. The minimum Gasteiger partial charge on any atom is -0.497 e. The van der Waals surface area contributed by atoms with E-state index in [1.54, 1.807) is 38.4 Å². The van der Waals surface area contributed by atoms with Crippen molar-refractivity contribution >= 4 is 17.4 Å². The van der Waals surface area contributed by atoms with Gasteiger partial charge in [-0.3, -0.25) is 9.59 Å². The third-order valence-electron chi connectivity index (χ3n) is 2.07. The molecule has 0 aliphatic rings. The van der Waals surface area contributed by atoms with Crippen molar-refractivity contribution in [3.05, 3.63) is 24.3 Å². The van der Waals surface area contributed by atoms with Gasteiger partial charge in [-0.05, 0) is 24.3 Å². The Morgan fingerprint density at radius 1 is 1.20 bits per heavy atom. The average molecular weight is 207 g/mol. The fourth-order valence-electron chi connectivity index (χ4n) is 1.16. The molecule has 1 rings (SSSR count). The Bertz CT molecular complexity index is 370. The van der Waals surface area contributed by atoms with E-state index in [1.807, 2.05) is 0 Å². The van der Waals surface area contributed by atoms with Crippen LogP contribution in [0.1, 0.15) is 6.92 Å². The predicted molar refractivity (Wildman–Crippen MR) is 57.1 cm³/mol. The van der Waals surface area contributed by atoms with Crippen molar-refractivity contribution in [1.82, 2.24) is 0 Å². The van der Waals surface area contributed by atoms with Crippen LogP contribution in [-0.4, -0.2) is 25.8 Å². The molecular weight excluding hydrogens is 194 g/mol. The summed E-state index contributed by atoms with van der Waals surface area (Å²) >= 11 is 0. The van der Waals surface area contributed by atoms with Gasteiger partial charge in [0.05, 0.1) is 7.11 Å². The Morgan fingerprint density at radius 2 is 1.73 bits per heavy atom. The molecule has 0 saturated heterocycles. The summed E-state index contributed by atoms with van der Waals surface area (Å²) in [5.74, 6) is -0.295. The highest BCUT2D eigenvalue weighted by atomic mass is 16.5. The number of ether oxygens (including phenoxy) is 1. The molecule has 4 heteroatoms. The topological polar surface area (TPSA) is 46.6 Å². The van der Waals surface area contributed by atoms with Gasteiger partial charge in [-0.1, -0.05) is 0 Å². The molecule has 0 N–H and O–H groups in total. The normalized spacial score (nSPS) is 9.53. The summed E-state index contributed by atoms with van der Waals surface area (Å²) in [7, 11) is 3.13. The lowest BCUT2D eigenvalue weighted by Gasteiger charge is -2.15. The molecule has 0 unspecified atom stereocenters. The van der Waals surface area contributed by atoms with Crippen molar-refractivity contribution in [2.75, 3.05) is 19.1 Å². The second-order valence-electron chi connectivity index (χ2n) is 3.12. The molecule has 0 saturated carbocycles. The summed E-state index contributed by atoms with van der Waals surface area (Å²) in [5.41, 5.74) is 0.663. The van der Waals surface area contributed by atoms with E-state index in [4.69, 9.17) is 4.74 Å². The van der Waals surface area contributed by atoms with E-state index in [0.29, 0.717) is 11.4 Å². The van der Waals surface area contributed by atoms with Crippen LogP contribution < -0.4 is 9.64 Å². The smallest absolute Gasteiger partial charge is 0.293 e. The SMILES string of the molecule is COc1ccc(N(C)C(=O)C(C)=O)cc1. The van der Waals surface area contributed by atoms with Crippen LogP contribution >= 0.6 is 0 Å². The molecular formula is C11H13NO3. The highest BCUT2D eigenvalue weighted by Crippen LogP contribution is 2.18. The Kier molecular flexibility index (Phi) is 3.44. The highest BCUT2D eigenvalue weighted by Gasteiger charge is 2.14. The molecule has 80 valence electrons. The molecule has 0 bridgehead atoms. The molecule has 0 aliphatic heterocycles. The lowest BCUT2D eigenvalue weighted by molar-refractivity contribution is -0.134. The molecule has 1 amide bonds. The van der Waals surface area contributed by atoms with E-state index in [9.17, 15) is 9.59 Å². The standard InChI is InChI=1S/C11H13NO3/c1-8(13)11(14)12(2)9-4-6-10(15-3)7-5-9/h4-7H,1-3H3. The zero-order valence-electron chi connectivity index (χ0n) is 8.98. The third kappa shape index (κ3) is 2.56. The Morgan fingerprint density at radius 3 is 2.13 bits per heavy atom. The van der Waals surface area contributed by atoms with Crippen LogP contribution in [0.2, 0.25) is 0 Å². The number of Topliss-reactive ketones (excluding diaryl/α,β-unsaturated/α-hetero) is 1. The van der Waals surface area contributed by atoms with Crippen LogP contribution in [0.3, 0.4) is 0 Å². The molecule has 0 aliphatic carbocycles. The maximum Gasteiger partial charge on any atom is 0.293 e. The van der Waals surface area contributed by atoms with Gasteiger partial charge in [0.1, 0.15) is 5.75 Å². The number of hydrogen-bond acceptors (Lipinski definition) is 3. The van der Waals surface area contributed by atoms with Crippen molar-refractivity contribution < 1.29 is 14.3 Å². The van der Waals surface area contributed by atoms with Gasteiger partial charge in [-0.2, -0.15) is 0 Å². The molecule has 0 fully saturated rings. The largest absolute Gasteiger partial charge is 0.497 e. The summed E-state index contributed by atoms with van der Waals surface area (Å²) in [5, 5.41) is 0. The number of likely N-dealkylation sites (N-methyl/N-ethyl adjacent to an activating group) is 1. The first kappa shape index (κ1) is 11.2. The van der Waals surface area contributed by atoms with Crippen LogP contribution in [0, 0.1) is 0 Å². The fraction of sp³-hybridized carbons (Fsp3) is 0.273. The number of nitrogens with zero attached hydrogens (tertiary/aromatic N) is 1. The summed E-state index contributed by atoms with van der Waals surface area (Å²) < 4.78 is 4.99. The van der Waals surface area contributed by atoms with Gasteiger partial charge < -0.3 is 9.64 Å². The molecule has 0 heterocycles. The van der Waals surface area contributed by atoms with Gasteiger partial charge in [-0.15, -0.1) is 0 Å². The number of methoxy groups -OCH3 is 1. The number of benzene rings is 1. The zero-order chi connectivity index (χ0) is 11.4. The van der Waals surface area contributed by atoms with Gasteiger partial charge >= 0.3 is 0 Å². The van der Waals surface area contributed by atoms with Gasteiger partial charge in [-0.25, -0.2) is 0 Å². The third-order valence-corrected chi connectivity index (χ3v) is 2.07. The molecule has 0 aromatic heterocycles. The van der Waals surface area contributed by atoms with Crippen LogP contribution in [0.15, 0.2) is 24.3 Å². The molecule has 1 aromatic carbocycles. The van der Waals surface area contributed by atoms with Gasteiger partial charge in [0, 0.05) is 19.7 Å². The number of hydrogen-bond donors (Lipinski definition) is 0. The first-order chi connectivity index (χ1) is 7.06. The first-order valence-electron chi connectivity index (χ1n) is 4.49. The maximum atomic E-state index is 11.3. The Balaban J connectivity index is 2.87. The van der Waals surface area contributed by atoms with E-state index in [2.05, 4.69) is 0 Å². The van der Waals surface area contributed by atoms with E-state index < -0.39 is 11.7 Å². The Hall–Kier alpha value is -1.84. The highest BCUT2D eigenvalue weighted by molar-refractivity contribution is 6.40. The average Bonchev–Trinajstić information content (AvgIpc) is 2.27. The van der Waals surface area contributed by atoms with Gasteiger partial charge in [0.15, 0.2) is 0 Å². The maximum absolute atomic E-state index is 11.3. The Labute approximate surface area is 88.5 Å². The van der Waals surface area contributed by atoms with E-state index in [0.717, 1.165) is 0 Å². The number of amides is 1. The molecule has 0 atom stereocenters. The molecule has 1 aromatic rings. The fourth-order valence-corrected chi connectivity index (χ4v) is 1.16.